The zero-order chi connectivity index (χ0) is 12.4. The molecule has 18 heavy (non-hydrogen) atoms. The maximum absolute atomic E-state index is 4.27. The number of pyridine rings is 1. The molecule has 1 saturated heterocycles. The van der Waals surface area contributed by atoms with Gasteiger partial charge in [-0.2, -0.15) is 0 Å². The summed E-state index contributed by atoms with van der Waals surface area (Å²) in [5, 5.41) is 8.45. The number of rotatable bonds is 3. The monoisotopic (exact) mass is 245 g/mol. The summed E-state index contributed by atoms with van der Waals surface area (Å²) in [5.41, 5.74) is 0.936. The van der Waals surface area contributed by atoms with Gasteiger partial charge in [0, 0.05) is 45.3 Å². The van der Waals surface area contributed by atoms with E-state index in [0.717, 1.165) is 37.5 Å². The number of hydrogen-bond acceptors (Lipinski definition) is 4. The van der Waals surface area contributed by atoms with Crippen LogP contribution in [0.5, 0.6) is 0 Å². The van der Waals surface area contributed by atoms with E-state index in [0.29, 0.717) is 0 Å². The first-order valence-electron chi connectivity index (χ1n) is 6.52. The predicted octanol–water partition coefficient (Wildman–Crippen LogP) is 0.519. The van der Waals surface area contributed by atoms with Gasteiger partial charge in [0.25, 0.3) is 0 Å². The molecule has 2 aromatic heterocycles. The van der Waals surface area contributed by atoms with E-state index in [2.05, 4.69) is 31.4 Å². The zero-order valence-electron chi connectivity index (χ0n) is 10.8. The molecule has 0 aromatic carbocycles. The van der Waals surface area contributed by atoms with Crippen molar-refractivity contribution >= 4 is 5.65 Å². The molecular formula is C13H19N5. The van der Waals surface area contributed by atoms with Gasteiger partial charge in [-0.3, -0.25) is 4.40 Å². The molecule has 0 aliphatic carbocycles. The van der Waals surface area contributed by atoms with E-state index in [-0.39, 0.29) is 0 Å². The minimum Gasteiger partial charge on any atom is -0.304 e. The number of aromatic nitrogens is 3. The van der Waals surface area contributed by atoms with Crippen LogP contribution in [0, 0.1) is 0 Å². The minimum atomic E-state index is 0.936. The molecule has 5 heteroatoms. The Morgan fingerprint density at radius 2 is 1.94 bits per heavy atom. The van der Waals surface area contributed by atoms with Crippen LogP contribution in [0.25, 0.3) is 5.65 Å². The van der Waals surface area contributed by atoms with Crippen molar-refractivity contribution < 1.29 is 0 Å². The molecule has 0 bridgehead atoms. The summed E-state index contributed by atoms with van der Waals surface area (Å²) < 4.78 is 2.08. The molecule has 3 rings (SSSR count). The van der Waals surface area contributed by atoms with Crippen LogP contribution in [-0.4, -0.2) is 64.2 Å². The topological polar surface area (TPSA) is 36.7 Å². The van der Waals surface area contributed by atoms with Crippen molar-refractivity contribution in [2.75, 3.05) is 39.8 Å². The summed E-state index contributed by atoms with van der Waals surface area (Å²) in [6, 6.07) is 6.01. The highest BCUT2D eigenvalue weighted by Crippen LogP contribution is 2.05. The zero-order valence-corrected chi connectivity index (χ0v) is 10.8. The first kappa shape index (κ1) is 11.6. The fourth-order valence-electron chi connectivity index (χ4n) is 2.39. The molecule has 0 unspecified atom stereocenters. The summed E-state index contributed by atoms with van der Waals surface area (Å²) in [6.45, 7) is 5.73. The third kappa shape index (κ3) is 2.37. The van der Waals surface area contributed by atoms with Crippen molar-refractivity contribution in [1.29, 1.82) is 0 Å². The Bertz CT molecular complexity index is 513. The lowest BCUT2D eigenvalue weighted by Crippen LogP contribution is -2.45. The lowest BCUT2D eigenvalue weighted by molar-refractivity contribution is 0.155. The van der Waals surface area contributed by atoms with Crippen LogP contribution in [0.1, 0.15) is 5.82 Å². The van der Waals surface area contributed by atoms with Gasteiger partial charge in [0.05, 0.1) is 0 Å². The van der Waals surface area contributed by atoms with Crippen molar-refractivity contribution in [3.8, 4) is 0 Å². The molecule has 1 aliphatic heterocycles. The molecular weight excluding hydrogens is 226 g/mol. The molecule has 0 amide bonds. The van der Waals surface area contributed by atoms with Crippen molar-refractivity contribution in [1.82, 2.24) is 24.4 Å². The summed E-state index contributed by atoms with van der Waals surface area (Å²) in [7, 11) is 2.18. The molecule has 3 heterocycles. The van der Waals surface area contributed by atoms with Crippen LogP contribution in [0.4, 0.5) is 0 Å². The fraction of sp³-hybridized carbons (Fsp3) is 0.538. The molecule has 0 atom stereocenters. The number of likely N-dealkylation sites (N-methyl/N-ethyl adjacent to an activating group) is 1. The van der Waals surface area contributed by atoms with Gasteiger partial charge in [0.15, 0.2) is 5.65 Å². The van der Waals surface area contributed by atoms with Crippen LogP contribution in [0.15, 0.2) is 24.4 Å². The van der Waals surface area contributed by atoms with E-state index in [1.807, 2.05) is 24.4 Å². The van der Waals surface area contributed by atoms with Gasteiger partial charge >= 0.3 is 0 Å². The van der Waals surface area contributed by atoms with Gasteiger partial charge in [0.1, 0.15) is 5.82 Å². The van der Waals surface area contributed by atoms with Crippen molar-refractivity contribution in [3.63, 3.8) is 0 Å². The van der Waals surface area contributed by atoms with Crippen molar-refractivity contribution in [2.45, 2.75) is 6.42 Å². The van der Waals surface area contributed by atoms with Crippen molar-refractivity contribution in [3.05, 3.63) is 30.2 Å². The molecule has 0 saturated carbocycles. The first-order chi connectivity index (χ1) is 8.83. The number of hydrogen-bond donors (Lipinski definition) is 0. The average Bonchev–Trinajstić information content (AvgIpc) is 2.82. The maximum Gasteiger partial charge on any atom is 0.160 e. The second-order valence-corrected chi connectivity index (χ2v) is 4.94. The third-order valence-corrected chi connectivity index (χ3v) is 3.63. The summed E-state index contributed by atoms with van der Waals surface area (Å²) in [4.78, 5) is 4.88. The van der Waals surface area contributed by atoms with Crippen LogP contribution in [-0.2, 0) is 6.42 Å². The first-order valence-corrected chi connectivity index (χ1v) is 6.52. The quantitative estimate of drug-likeness (QED) is 0.790. The largest absolute Gasteiger partial charge is 0.304 e. The summed E-state index contributed by atoms with van der Waals surface area (Å²) in [5.74, 6) is 1.06. The van der Waals surface area contributed by atoms with Crippen LogP contribution >= 0.6 is 0 Å². The van der Waals surface area contributed by atoms with Gasteiger partial charge in [-0.15, -0.1) is 10.2 Å². The Kier molecular flexibility index (Phi) is 3.25. The Morgan fingerprint density at radius 1 is 1.11 bits per heavy atom. The van der Waals surface area contributed by atoms with Crippen LogP contribution < -0.4 is 0 Å². The number of piperazine rings is 1. The lowest BCUT2D eigenvalue weighted by Gasteiger charge is -2.32. The van der Waals surface area contributed by atoms with E-state index in [1.165, 1.54) is 13.1 Å². The summed E-state index contributed by atoms with van der Waals surface area (Å²) in [6.07, 6.45) is 3.00. The smallest absolute Gasteiger partial charge is 0.160 e. The van der Waals surface area contributed by atoms with Gasteiger partial charge in [-0.1, -0.05) is 6.07 Å². The van der Waals surface area contributed by atoms with Crippen LogP contribution in [0.2, 0.25) is 0 Å². The van der Waals surface area contributed by atoms with E-state index in [1.54, 1.807) is 0 Å². The molecule has 5 nitrogen and oxygen atoms in total. The lowest BCUT2D eigenvalue weighted by atomic mass is 10.3. The standard InChI is InChI=1S/C13H19N5/c1-16-8-10-17(11-9-16)7-5-13-15-14-12-4-2-3-6-18(12)13/h2-4,6H,5,7-11H2,1H3. The van der Waals surface area contributed by atoms with Crippen molar-refractivity contribution in [2.24, 2.45) is 0 Å². The maximum atomic E-state index is 4.27. The second-order valence-electron chi connectivity index (χ2n) is 4.94. The van der Waals surface area contributed by atoms with Gasteiger partial charge in [0.2, 0.25) is 0 Å². The molecule has 1 aliphatic rings. The van der Waals surface area contributed by atoms with Gasteiger partial charge < -0.3 is 9.80 Å². The highest BCUT2D eigenvalue weighted by atomic mass is 15.3. The molecule has 0 radical (unpaired) electrons. The molecule has 2 aromatic rings. The average molecular weight is 245 g/mol. The number of nitrogens with zero attached hydrogens (tertiary/aromatic N) is 5. The van der Waals surface area contributed by atoms with E-state index in [4.69, 9.17) is 0 Å². The van der Waals surface area contributed by atoms with E-state index < -0.39 is 0 Å². The summed E-state index contributed by atoms with van der Waals surface area (Å²) >= 11 is 0. The predicted molar refractivity (Wildman–Crippen MR) is 70.6 cm³/mol. The van der Waals surface area contributed by atoms with E-state index >= 15 is 0 Å². The van der Waals surface area contributed by atoms with E-state index in [9.17, 15) is 0 Å². The third-order valence-electron chi connectivity index (χ3n) is 3.63. The Balaban J connectivity index is 1.63. The highest BCUT2D eigenvalue weighted by molar-refractivity contribution is 5.36. The molecule has 0 N–H and O–H groups in total. The molecule has 0 spiro atoms. The second kappa shape index (κ2) is 5.04. The fourth-order valence-corrected chi connectivity index (χ4v) is 2.39. The van der Waals surface area contributed by atoms with Gasteiger partial charge in [-0.05, 0) is 19.2 Å². The Morgan fingerprint density at radius 3 is 2.78 bits per heavy atom. The Labute approximate surface area is 107 Å². The number of fused-ring (bicyclic) bond motifs is 1. The highest BCUT2D eigenvalue weighted by Gasteiger charge is 2.14. The SMILES string of the molecule is CN1CCN(CCc2nnc3ccccn23)CC1. The molecule has 96 valence electrons. The normalized spacial score (nSPS) is 18.5. The Hall–Kier alpha value is -1.46. The van der Waals surface area contributed by atoms with Crippen LogP contribution in [0.3, 0.4) is 0 Å². The molecule has 1 fully saturated rings. The van der Waals surface area contributed by atoms with Gasteiger partial charge in [-0.25, -0.2) is 0 Å². The minimum absolute atomic E-state index is 0.936.